The fraction of sp³-hybridized carbons (Fsp3) is 0.273. The van der Waals surface area contributed by atoms with Gasteiger partial charge in [0.1, 0.15) is 5.78 Å². The summed E-state index contributed by atoms with van der Waals surface area (Å²) >= 11 is 6.61. The second-order valence-electron chi connectivity index (χ2n) is 3.36. The molecule has 86 valence electrons. The third-order valence-electron chi connectivity index (χ3n) is 2.08. The Labute approximate surface area is 110 Å². The Hall–Kier alpha value is -0.680. The van der Waals surface area contributed by atoms with Crippen LogP contribution >= 0.6 is 31.9 Å². The largest absolute Gasteiger partial charge is 0.481 e. The number of carbonyl (C=O) groups excluding carboxylic acids is 1. The van der Waals surface area contributed by atoms with Gasteiger partial charge in [0, 0.05) is 4.47 Å². The van der Waals surface area contributed by atoms with Crippen LogP contribution in [0.4, 0.5) is 0 Å². The third-order valence-corrected chi connectivity index (χ3v) is 4.19. The number of ketones is 1. The Morgan fingerprint density at radius 2 is 2.06 bits per heavy atom. The molecule has 0 bridgehead atoms. The van der Waals surface area contributed by atoms with Crippen LogP contribution in [0.1, 0.15) is 22.9 Å². The fourth-order valence-corrected chi connectivity index (χ4v) is 2.64. The van der Waals surface area contributed by atoms with Crippen LogP contribution in [0.25, 0.3) is 0 Å². The van der Waals surface area contributed by atoms with E-state index in [1.54, 1.807) is 18.2 Å². The van der Waals surface area contributed by atoms with Crippen molar-refractivity contribution in [1.29, 1.82) is 0 Å². The van der Waals surface area contributed by atoms with Crippen molar-refractivity contribution < 1.29 is 14.7 Å². The molecule has 1 atom stereocenters. The van der Waals surface area contributed by atoms with E-state index in [1.165, 1.54) is 6.92 Å². The fourth-order valence-electron chi connectivity index (χ4n) is 1.31. The van der Waals surface area contributed by atoms with E-state index in [1.807, 2.05) is 0 Å². The Balaban J connectivity index is 3.13. The molecule has 5 heteroatoms. The number of carbonyl (C=O) groups is 2. The summed E-state index contributed by atoms with van der Waals surface area (Å²) in [6.45, 7) is 1.48. The van der Waals surface area contributed by atoms with Crippen molar-refractivity contribution in [2.45, 2.75) is 18.2 Å². The summed E-state index contributed by atoms with van der Waals surface area (Å²) < 4.78 is 0.675. The zero-order chi connectivity index (χ0) is 12.3. The molecule has 0 aromatic heterocycles. The van der Waals surface area contributed by atoms with Crippen LogP contribution in [-0.4, -0.2) is 16.9 Å². The van der Waals surface area contributed by atoms with Crippen molar-refractivity contribution in [3.8, 4) is 0 Å². The van der Waals surface area contributed by atoms with Gasteiger partial charge in [-0.05, 0) is 18.1 Å². The van der Waals surface area contributed by atoms with Crippen LogP contribution in [-0.2, 0) is 16.0 Å². The van der Waals surface area contributed by atoms with Crippen LogP contribution in [0.5, 0.6) is 0 Å². The molecule has 1 rings (SSSR count). The number of Topliss-reactive ketones (excluding diaryl/α,β-unsaturated/α-hetero) is 1. The average molecular weight is 350 g/mol. The van der Waals surface area contributed by atoms with E-state index >= 15 is 0 Å². The predicted molar refractivity (Wildman–Crippen MR) is 67.8 cm³/mol. The molecule has 0 heterocycles. The quantitative estimate of drug-likeness (QED) is 0.850. The lowest BCUT2D eigenvalue weighted by Gasteiger charge is -2.11. The molecule has 0 amide bonds. The van der Waals surface area contributed by atoms with Crippen LogP contribution in [0.2, 0.25) is 0 Å². The number of benzene rings is 1. The standard InChI is InChI=1S/C11H10Br2O3/c1-6(14)10(12)8-4-2-3-7(11(8)13)5-9(15)16/h2-4,10H,5H2,1H3,(H,15,16). The highest BCUT2D eigenvalue weighted by Crippen LogP contribution is 2.32. The second-order valence-corrected chi connectivity index (χ2v) is 5.07. The van der Waals surface area contributed by atoms with Crippen molar-refractivity contribution in [2.75, 3.05) is 0 Å². The molecule has 0 spiro atoms. The zero-order valence-corrected chi connectivity index (χ0v) is 11.7. The first kappa shape index (κ1) is 13.4. The first-order chi connectivity index (χ1) is 7.43. The Kier molecular flexibility index (Phi) is 4.68. The van der Waals surface area contributed by atoms with Crippen molar-refractivity contribution in [1.82, 2.24) is 0 Å². The van der Waals surface area contributed by atoms with Crippen LogP contribution in [0.3, 0.4) is 0 Å². The molecule has 0 aliphatic heterocycles. The van der Waals surface area contributed by atoms with Crippen LogP contribution in [0.15, 0.2) is 22.7 Å². The monoisotopic (exact) mass is 348 g/mol. The van der Waals surface area contributed by atoms with E-state index in [4.69, 9.17) is 5.11 Å². The van der Waals surface area contributed by atoms with E-state index < -0.39 is 10.8 Å². The maximum atomic E-state index is 11.2. The van der Waals surface area contributed by atoms with E-state index in [-0.39, 0.29) is 12.2 Å². The summed E-state index contributed by atoms with van der Waals surface area (Å²) in [7, 11) is 0. The molecule has 0 saturated carbocycles. The Morgan fingerprint density at radius 3 is 2.56 bits per heavy atom. The molecule has 1 aromatic rings. The Morgan fingerprint density at radius 1 is 1.44 bits per heavy atom. The molecular formula is C11H10Br2O3. The summed E-state index contributed by atoms with van der Waals surface area (Å²) in [6, 6.07) is 5.26. The van der Waals surface area contributed by atoms with Crippen molar-refractivity contribution in [3.05, 3.63) is 33.8 Å². The minimum Gasteiger partial charge on any atom is -0.481 e. The molecule has 1 N–H and O–H groups in total. The summed E-state index contributed by atoms with van der Waals surface area (Å²) in [5.74, 6) is -0.917. The van der Waals surface area contributed by atoms with Gasteiger partial charge in [-0.15, -0.1) is 0 Å². The second kappa shape index (κ2) is 5.59. The first-order valence-corrected chi connectivity index (χ1v) is 6.28. The maximum absolute atomic E-state index is 11.2. The molecule has 0 fully saturated rings. The molecule has 3 nitrogen and oxygen atoms in total. The lowest BCUT2D eigenvalue weighted by Crippen LogP contribution is -2.06. The molecule has 16 heavy (non-hydrogen) atoms. The van der Waals surface area contributed by atoms with Gasteiger partial charge in [0.05, 0.1) is 11.2 Å². The van der Waals surface area contributed by atoms with Gasteiger partial charge in [-0.25, -0.2) is 0 Å². The van der Waals surface area contributed by atoms with Gasteiger partial charge in [0.25, 0.3) is 0 Å². The molecule has 0 saturated heterocycles. The van der Waals surface area contributed by atoms with Gasteiger partial charge < -0.3 is 5.11 Å². The minimum absolute atomic E-state index is 0.0202. The maximum Gasteiger partial charge on any atom is 0.307 e. The van der Waals surface area contributed by atoms with Gasteiger partial charge in [-0.1, -0.05) is 50.1 Å². The zero-order valence-electron chi connectivity index (χ0n) is 8.54. The minimum atomic E-state index is -0.896. The summed E-state index contributed by atoms with van der Waals surface area (Å²) in [5, 5.41) is 8.73. The van der Waals surface area contributed by atoms with Crippen molar-refractivity contribution in [2.24, 2.45) is 0 Å². The lowest BCUT2D eigenvalue weighted by atomic mass is 10.0. The van der Waals surface area contributed by atoms with Crippen molar-refractivity contribution >= 4 is 43.6 Å². The van der Waals surface area contributed by atoms with Gasteiger partial charge in [-0.3, -0.25) is 9.59 Å². The lowest BCUT2D eigenvalue weighted by molar-refractivity contribution is -0.136. The number of halogens is 2. The number of hydrogen-bond acceptors (Lipinski definition) is 2. The van der Waals surface area contributed by atoms with Crippen LogP contribution in [0, 0.1) is 0 Å². The highest BCUT2D eigenvalue weighted by atomic mass is 79.9. The van der Waals surface area contributed by atoms with E-state index in [0.717, 1.165) is 5.56 Å². The van der Waals surface area contributed by atoms with Crippen LogP contribution < -0.4 is 0 Å². The van der Waals surface area contributed by atoms with Gasteiger partial charge >= 0.3 is 5.97 Å². The van der Waals surface area contributed by atoms with Crippen molar-refractivity contribution in [3.63, 3.8) is 0 Å². The van der Waals surface area contributed by atoms with E-state index in [0.29, 0.717) is 10.0 Å². The van der Waals surface area contributed by atoms with E-state index in [9.17, 15) is 9.59 Å². The first-order valence-electron chi connectivity index (χ1n) is 4.57. The van der Waals surface area contributed by atoms with Gasteiger partial charge in [0.15, 0.2) is 0 Å². The predicted octanol–water partition coefficient (Wildman–Crippen LogP) is 3.10. The molecular weight excluding hydrogens is 340 g/mol. The summed E-state index contributed by atoms with van der Waals surface area (Å²) in [4.78, 5) is 21.5. The normalized spacial score (nSPS) is 12.2. The molecule has 1 aromatic carbocycles. The number of aliphatic carboxylic acids is 1. The number of hydrogen-bond donors (Lipinski definition) is 1. The van der Waals surface area contributed by atoms with Gasteiger partial charge in [-0.2, -0.15) is 0 Å². The highest BCUT2D eigenvalue weighted by Gasteiger charge is 2.18. The molecule has 0 aliphatic carbocycles. The smallest absolute Gasteiger partial charge is 0.307 e. The summed E-state index contributed by atoms with van der Waals surface area (Å²) in [5.41, 5.74) is 1.42. The number of carboxylic acid groups (broad SMARTS) is 1. The summed E-state index contributed by atoms with van der Waals surface area (Å²) in [6.07, 6.45) is -0.0634. The molecule has 0 aliphatic rings. The average Bonchev–Trinajstić information content (AvgIpc) is 2.19. The topological polar surface area (TPSA) is 54.4 Å². The number of alkyl halides is 1. The Bertz CT molecular complexity index is 429. The van der Waals surface area contributed by atoms with E-state index in [2.05, 4.69) is 31.9 Å². The number of rotatable bonds is 4. The highest BCUT2D eigenvalue weighted by molar-refractivity contribution is 9.11. The SMILES string of the molecule is CC(=O)C(Br)c1cccc(CC(=O)O)c1Br. The molecule has 1 unspecified atom stereocenters. The number of carboxylic acids is 1. The third kappa shape index (κ3) is 3.15. The molecule has 0 radical (unpaired) electrons. The van der Waals surface area contributed by atoms with Gasteiger partial charge in [0.2, 0.25) is 0 Å².